The lowest BCUT2D eigenvalue weighted by Gasteiger charge is -2.15. The van der Waals surface area contributed by atoms with Crippen molar-refractivity contribution in [1.29, 1.82) is 0 Å². The number of hydrogen-bond acceptors (Lipinski definition) is 3. The van der Waals surface area contributed by atoms with Crippen LogP contribution in [0.5, 0.6) is 5.75 Å². The first-order chi connectivity index (χ1) is 12.1. The number of aliphatic imine (C=N–C) groups is 1. The fourth-order valence-electron chi connectivity index (χ4n) is 2.28. The van der Waals surface area contributed by atoms with Crippen molar-refractivity contribution in [1.82, 2.24) is 10.6 Å². The van der Waals surface area contributed by atoms with Crippen molar-refractivity contribution in [2.45, 2.75) is 6.54 Å². The van der Waals surface area contributed by atoms with Gasteiger partial charge in [-0.15, -0.1) is 24.0 Å². The van der Waals surface area contributed by atoms with Crippen molar-refractivity contribution < 1.29 is 9.13 Å². The van der Waals surface area contributed by atoms with Crippen LogP contribution in [-0.4, -0.2) is 40.3 Å². The van der Waals surface area contributed by atoms with E-state index in [0.29, 0.717) is 31.3 Å². The summed E-state index contributed by atoms with van der Waals surface area (Å²) in [5, 5.41) is 6.33. The van der Waals surface area contributed by atoms with Crippen LogP contribution in [0.2, 0.25) is 0 Å². The lowest BCUT2D eigenvalue weighted by Crippen LogP contribution is -2.38. The normalized spacial score (nSPS) is 10.7. The van der Waals surface area contributed by atoms with E-state index in [1.165, 1.54) is 6.07 Å². The van der Waals surface area contributed by atoms with E-state index in [4.69, 9.17) is 4.74 Å². The van der Waals surface area contributed by atoms with Crippen LogP contribution in [0.1, 0.15) is 5.56 Å². The van der Waals surface area contributed by atoms with Crippen molar-refractivity contribution in [3.05, 3.63) is 59.9 Å². The SMILES string of the molecule is CN=C(NCCOc1ccccc1)NCc1ccc(N(C)C)c(F)c1.I. The number of rotatable bonds is 7. The highest BCUT2D eigenvalue weighted by Gasteiger charge is 2.06. The average Bonchev–Trinajstić information content (AvgIpc) is 2.61. The van der Waals surface area contributed by atoms with Crippen molar-refractivity contribution in [3.63, 3.8) is 0 Å². The van der Waals surface area contributed by atoms with E-state index in [1.54, 1.807) is 18.0 Å². The van der Waals surface area contributed by atoms with Crippen LogP contribution in [-0.2, 0) is 6.54 Å². The smallest absolute Gasteiger partial charge is 0.191 e. The van der Waals surface area contributed by atoms with Gasteiger partial charge in [-0.2, -0.15) is 0 Å². The van der Waals surface area contributed by atoms with Crippen molar-refractivity contribution in [2.75, 3.05) is 39.2 Å². The number of anilines is 1. The van der Waals surface area contributed by atoms with Crippen LogP contribution in [0, 0.1) is 5.82 Å². The fourth-order valence-corrected chi connectivity index (χ4v) is 2.28. The first-order valence-electron chi connectivity index (χ1n) is 8.18. The molecule has 2 N–H and O–H groups in total. The Morgan fingerprint density at radius 2 is 1.85 bits per heavy atom. The standard InChI is InChI=1S/C19H25FN4O.HI/c1-21-19(22-11-12-25-16-7-5-4-6-8-16)23-14-15-9-10-18(24(2)3)17(20)13-15;/h4-10,13H,11-12,14H2,1-3H3,(H2,21,22,23);1H. The molecule has 0 atom stereocenters. The molecule has 0 spiro atoms. The molecule has 0 bridgehead atoms. The lowest BCUT2D eigenvalue weighted by atomic mass is 10.2. The van der Waals surface area contributed by atoms with E-state index in [0.717, 1.165) is 11.3 Å². The molecule has 0 aliphatic carbocycles. The summed E-state index contributed by atoms with van der Waals surface area (Å²) in [5.74, 6) is 1.25. The number of para-hydroxylation sites is 1. The summed E-state index contributed by atoms with van der Waals surface area (Å²) >= 11 is 0. The van der Waals surface area contributed by atoms with Gasteiger partial charge in [-0.25, -0.2) is 4.39 Å². The molecule has 142 valence electrons. The van der Waals surface area contributed by atoms with Crippen molar-refractivity contribution in [2.24, 2.45) is 4.99 Å². The van der Waals surface area contributed by atoms with Gasteiger partial charge in [0.2, 0.25) is 0 Å². The van der Waals surface area contributed by atoms with Crippen LogP contribution in [0.3, 0.4) is 0 Å². The zero-order chi connectivity index (χ0) is 18.1. The van der Waals surface area contributed by atoms with Gasteiger partial charge in [-0.05, 0) is 29.8 Å². The fraction of sp³-hybridized carbons (Fsp3) is 0.316. The topological polar surface area (TPSA) is 48.9 Å². The molecule has 0 saturated heterocycles. The molecule has 0 aromatic heterocycles. The summed E-state index contributed by atoms with van der Waals surface area (Å²) in [6.07, 6.45) is 0. The zero-order valence-electron chi connectivity index (χ0n) is 15.3. The molecule has 26 heavy (non-hydrogen) atoms. The summed E-state index contributed by atoms with van der Waals surface area (Å²) < 4.78 is 19.6. The third kappa shape index (κ3) is 7.07. The van der Waals surface area contributed by atoms with Gasteiger partial charge in [0, 0.05) is 27.7 Å². The average molecular weight is 472 g/mol. The van der Waals surface area contributed by atoms with Gasteiger partial charge in [-0.1, -0.05) is 24.3 Å². The highest BCUT2D eigenvalue weighted by molar-refractivity contribution is 14.0. The van der Waals surface area contributed by atoms with Gasteiger partial charge in [0.25, 0.3) is 0 Å². The number of nitrogens with zero attached hydrogens (tertiary/aromatic N) is 2. The summed E-state index contributed by atoms with van der Waals surface area (Å²) in [7, 11) is 5.34. The maximum atomic E-state index is 14.0. The minimum Gasteiger partial charge on any atom is -0.492 e. The van der Waals surface area contributed by atoms with E-state index in [9.17, 15) is 4.39 Å². The molecular weight excluding hydrogens is 446 g/mol. The molecule has 0 aliphatic rings. The monoisotopic (exact) mass is 472 g/mol. The van der Waals surface area contributed by atoms with Gasteiger partial charge < -0.3 is 20.3 Å². The van der Waals surface area contributed by atoms with Gasteiger partial charge in [0.05, 0.1) is 12.2 Å². The lowest BCUT2D eigenvalue weighted by molar-refractivity contribution is 0.322. The van der Waals surface area contributed by atoms with Gasteiger partial charge >= 0.3 is 0 Å². The van der Waals surface area contributed by atoms with Gasteiger partial charge in [0.1, 0.15) is 18.2 Å². The van der Waals surface area contributed by atoms with Gasteiger partial charge in [-0.3, -0.25) is 4.99 Å². The molecule has 7 heteroatoms. The summed E-state index contributed by atoms with van der Waals surface area (Å²) in [6, 6.07) is 14.9. The number of guanidine groups is 1. The van der Waals surface area contributed by atoms with E-state index in [2.05, 4.69) is 15.6 Å². The van der Waals surface area contributed by atoms with E-state index >= 15 is 0 Å². The molecular formula is C19H26FIN4O. The molecule has 0 saturated carbocycles. The molecule has 2 aromatic rings. The predicted octanol–water partition coefficient (Wildman–Crippen LogP) is 3.25. The first kappa shape index (κ1) is 22.0. The highest BCUT2D eigenvalue weighted by atomic mass is 127. The molecule has 2 aromatic carbocycles. The number of benzene rings is 2. The Labute approximate surface area is 171 Å². The van der Waals surface area contributed by atoms with E-state index < -0.39 is 0 Å². The second-order valence-corrected chi connectivity index (χ2v) is 5.69. The quantitative estimate of drug-likeness (QED) is 0.281. The predicted molar refractivity (Wildman–Crippen MR) is 116 cm³/mol. The van der Waals surface area contributed by atoms with Gasteiger partial charge in [0.15, 0.2) is 5.96 Å². The van der Waals surface area contributed by atoms with E-state index in [1.807, 2.05) is 50.5 Å². The first-order valence-corrected chi connectivity index (χ1v) is 8.18. The molecule has 0 unspecified atom stereocenters. The Hall–Kier alpha value is -2.03. The molecule has 0 aliphatic heterocycles. The van der Waals surface area contributed by atoms with Crippen LogP contribution in [0.4, 0.5) is 10.1 Å². The Morgan fingerprint density at radius 1 is 1.12 bits per heavy atom. The Bertz CT molecular complexity index is 695. The van der Waals surface area contributed by atoms with Crippen LogP contribution in [0.15, 0.2) is 53.5 Å². The molecule has 5 nitrogen and oxygen atoms in total. The molecule has 0 fully saturated rings. The van der Waals surface area contributed by atoms with Crippen LogP contribution in [0.25, 0.3) is 0 Å². The minimum atomic E-state index is -0.233. The number of halogens is 2. The third-order valence-electron chi connectivity index (χ3n) is 3.58. The molecule has 0 amide bonds. The largest absolute Gasteiger partial charge is 0.492 e. The van der Waals surface area contributed by atoms with Crippen LogP contribution >= 0.6 is 24.0 Å². The second kappa shape index (κ2) is 11.6. The Morgan fingerprint density at radius 3 is 2.46 bits per heavy atom. The summed E-state index contributed by atoms with van der Waals surface area (Å²) in [5.41, 5.74) is 1.43. The zero-order valence-corrected chi connectivity index (χ0v) is 17.7. The highest BCUT2D eigenvalue weighted by Crippen LogP contribution is 2.18. The molecule has 0 radical (unpaired) electrons. The number of nitrogens with one attached hydrogen (secondary N) is 2. The van der Waals surface area contributed by atoms with E-state index in [-0.39, 0.29) is 29.8 Å². The number of hydrogen-bond donors (Lipinski definition) is 2. The Kier molecular flexibility index (Phi) is 9.79. The summed E-state index contributed by atoms with van der Waals surface area (Å²) in [4.78, 5) is 5.90. The Balaban J connectivity index is 0.00000338. The molecule has 2 rings (SSSR count). The van der Waals surface area contributed by atoms with Crippen molar-refractivity contribution >= 4 is 35.6 Å². The molecule has 0 heterocycles. The maximum absolute atomic E-state index is 14.0. The summed E-state index contributed by atoms with van der Waals surface area (Å²) in [6.45, 7) is 1.63. The van der Waals surface area contributed by atoms with Crippen LogP contribution < -0.4 is 20.3 Å². The number of ether oxygens (including phenoxy) is 1. The third-order valence-corrected chi connectivity index (χ3v) is 3.58. The second-order valence-electron chi connectivity index (χ2n) is 5.69. The maximum Gasteiger partial charge on any atom is 0.191 e. The minimum absolute atomic E-state index is 0. The van der Waals surface area contributed by atoms with Crippen molar-refractivity contribution in [3.8, 4) is 5.75 Å².